The second-order valence-electron chi connectivity index (χ2n) is 7.90. The third-order valence-electron chi connectivity index (χ3n) is 5.85. The third-order valence-corrected chi connectivity index (χ3v) is 5.85. The topological polar surface area (TPSA) is 52.9 Å². The normalized spacial score (nSPS) is 18.9. The monoisotopic (exact) mass is 412 g/mol. The number of hydrogen-bond acceptors (Lipinski definition) is 5. The van der Waals surface area contributed by atoms with Gasteiger partial charge in [-0.3, -0.25) is 0 Å². The van der Waals surface area contributed by atoms with E-state index in [-0.39, 0.29) is 6.10 Å². The summed E-state index contributed by atoms with van der Waals surface area (Å²) in [7, 11) is 3.67. The average Bonchev–Trinajstić information content (AvgIpc) is 3.13. The maximum atomic E-state index is 10.1. The van der Waals surface area contributed by atoms with Crippen LogP contribution in [-0.4, -0.2) is 61.0 Å². The summed E-state index contributed by atoms with van der Waals surface area (Å²) in [6, 6.07) is 10.3. The summed E-state index contributed by atoms with van der Waals surface area (Å²) in [6.07, 6.45) is 3.52. The number of nitrogens with zero attached hydrogens (tertiary/aromatic N) is 3. The van der Waals surface area contributed by atoms with Crippen LogP contribution in [0, 0.1) is 0 Å². The van der Waals surface area contributed by atoms with Crippen molar-refractivity contribution in [2.75, 3.05) is 51.3 Å². The van der Waals surface area contributed by atoms with Crippen LogP contribution in [0.3, 0.4) is 0 Å². The molecule has 2 N–H and O–H groups in total. The van der Waals surface area contributed by atoms with Crippen LogP contribution in [-0.2, 0) is 7.05 Å². The summed E-state index contributed by atoms with van der Waals surface area (Å²) in [4.78, 5) is 4.66. The number of benzene rings is 1. The maximum absolute atomic E-state index is 10.1. The molecule has 1 fully saturated rings. The molecule has 1 saturated heterocycles. The molecule has 0 radical (unpaired) electrons. The van der Waals surface area contributed by atoms with Gasteiger partial charge in [0, 0.05) is 69.5 Å². The first-order valence-electron chi connectivity index (χ1n) is 10.9. The fraction of sp³-hybridized carbons (Fsp3) is 0.500. The Morgan fingerprint density at radius 2 is 1.83 bits per heavy atom. The van der Waals surface area contributed by atoms with Gasteiger partial charge in [0.1, 0.15) is 5.75 Å². The number of aryl methyl sites for hydroxylation is 1. The predicted molar refractivity (Wildman–Crippen MR) is 124 cm³/mol. The van der Waals surface area contributed by atoms with Crippen molar-refractivity contribution in [3.8, 4) is 5.75 Å². The zero-order chi connectivity index (χ0) is 21.5. The van der Waals surface area contributed by atoms with E-state index in [1.54, 1.807) is 7.11 Å². The van der Waals surface area contributed by atoms with Crippen molar-refractivity contribution in [3.63, 3.8) is 0 Å². The number of nitrogens with one attached hydrogen (secondary N) is 1. The van der Waals surface area contributed by atoms with Crippen molar-refractivity contribution in [2.24, 2.45) is 7.05 Å². The molecule has 4 rings (SSSR count). The number of rotatable bonds is 4. The van der Waals surface area contributed by atoms with E-state index in [0.717, 1.165) is 74.8 Å². The van der Waals surface area contributed by atoms with Crippen molar-refractivity contribution in [1.82, 2.24) is 14.8 Å². The molecule has 6 heteroatoms. The molecule has 0 saturated carbocycles. The Kier molecular flexibility index (Phi) is 7.82. The van der Waals surface area contributed by atoms with Gasteiger partial charge in [0.15, 0.2) is 0 Å². The number of hydrogen-bond donors (Lipinski definition) is 2. The zero-order valence-corrected chi connectivity index (χ0v) is 18.6. The van der Waals surface area contributed by atoms with Crippen LogP contribution in [0.5, 0.6) is 5.75 Å². The van der Waals surface area contributed by atoms with Crippen molar-refractivity contribution in [2.45, 2.75) is 25.9 Å². The SMILES string of the molecule is C=C1c2ccn(C)c2C(O)CCN1CCC.COc1ccc(N2CCNCC2)cc1. The summed E-state index contributed by atoms with van der Waals surface area (Å²) in [5.41, 5.74) is 4.44. The fourth-order valence-corrected chi connectivity index (χ4v) is 4.15. The van der Waals surface area contributed by atoms with Crippen molar-refractivity contribution >= 4 is 11.4 Å². The van der Waals surface area contributed by atoms with Gasteiger partial charge >= 0.3 is 0 Å². The molecule has 0 amide bonds. The number of anilines is 1. The molecular formula is C24H36N4O2. The quantitative estimate of drug-likeness (QED) is 0.807. The number of piperazine rings is 1. The average molecular weight is 413 g/mol. The Hall–Kier alpha value is -2.44. The number of aromatic nitrogens is 1. The number of methoxy groups -OCH3 is 1. The van der Waals surface area contributed by atoms with Crippen molar-refractivity contribution < 1.29 is 9.84 Å². The maximum Gasteiger partial charge on any atom is 0.119 e. The van der Waals surface area contributed by atoms with Crippen molar-refractivity contribution in [1.29, 1.82) is 0 Å². The minimum Gasteiger partial charge on any atom is -0.497 e. The van der Waals surface area contributed by atoms with Gasteiger partial charge in [-0.05, 0) is 43.2 Å². The minimum absolute atomic E-state index is 0.367. The molecule has 2 aliphatic heterocycles. The van der Waals surface area contributed by atoms with E-state index in [4.69, 9.17) is 4.74 Å². The van der Waals surface area contributed by atoms with Crippen LogP contribution in [0.2, 0.25) is 0 Å². The van der Waals surface area contributed by atoms with Gasteiger partial charge in [0.05, 0.1) is 18.9 Å². The Bertz CT molecular complexity index is 809. The van der Waals surface area contributed by atoms with Gasteiger partial charge < -0.3 is 29.5 Å². The molecule has 0 bridgehead atoms. The van der Waals surface area contributed by atoms with Crippen molar-refractivity contribution in [3.05, 3.63) is 54.4 Å². The summed E-state index contributed by atoms with van der Waals surface area (Å²) in [5, 5.41) is 13.5. The number of ether oxygens (including phenoxy) is 1. The van der Waals surface area contributed by atoms with Crippen LogP contribution in [0.4, 0.5) is 5.69 Å². The number of aliphatic hydroxyl groups excluding tert-OH is 1. The van der Waals surface area contributed by atoms with Crippen LogP contribution in [0.1, 0.15) is 37.1 Å². The second kappa shape index (κ2) is 10.5. The Morgan fingerprint density at radius 1 is 1.13 bits per heavy atom. The van der Waals surface area contributed by atoms with Gasteiger partial charge in [-0.15, -0.1) is 0 Å². The van der Waals surface area contributed by atoms with E-state index >= 15 is 0 Å². The first-order chi connectivity index (χ1) is 14.5. The van der Waals surface area contributed by atoms with E-state index in [0.29, 0.717) is 0 Å². The zero-order valence-electron chi connectivity index (χ0n) is 18.6. The molecule has 164 valence electrons. The lowest BCUT2D eigenvalue weighted by molar-refractivity contribution is 0.152. The predicted octanol–water partition coefficient (Wildman–Crippen LogP) is 3.25. The lowest BCUT2D eigenvalue weighted by Gasteiger charge is -2.29. The molecule has 3 heterocycles. The molecule has 0 spiro atoms. The number of fused-ring (bicyclic) bond motifs is 1. The highest BCUT2D eigenvalue weighted by Crippen LogP contribution is 2.32. The van der Waals surface area contributed by atoms with Crippen LogP contribution in [0.15, 0.2) is 43.1 Å². The van der Waals surface area contributed by atoms with E-state index in [1.807, 2.05) is 29.9 Å². The van der Waals surface area contributed by atoms with Gasteiger partial charge in [0.2, 0.25) is 0 Å². The molecule has 6 nitrogen and oxygen atoms in total. The largest absolute Gasteiger partial charge is 0.497 e. The second-order valence-corrected chi connectivity index (χ2v) is 7.90. The lowest BCUT2D eigenvalue weighted by Crippen LogP contribution is -2.43. The lowest BCUT2D eigenvalue weighted by atomic mass is 10.1. The Balaban J connectivity index is 0.000000172. The summed E-state index contributed by atoms with van der Waals surface area (Å²) < 4.78 is 7.13. The summed E-state index contributed by atoms with van der Waals surface area (Å²) in [6.45, 7) is 12.6. The first-order valence-corrected chi connectivity index (χ1v) is 10.9. The van der Waals surface area contributed by atoms with E-state index < -0.39 is 0 Å². The molecule has 1 aromatic carbocycles. The van der Waals surface area contributed by atoms with Gasteiger partial charge in [-0.2, -0.15) is 0 Å². The smallest absolute Gasteiger partial charge is 0.119 e. The standard InChI is InChI=1S/C13H20N2O.C11H16N2O/c1-4-7-15-9-6-12(16)13-11(10(15)2)5-8-14(13)3;1-14-11-4-2-10(3-5-11)13-8-6-12-7-9-13/h5,8,12,16H,2,4,6-7,9H2,1,3H3;2-5,12H,6-9H2,1H3. The minimum atomic E-state index is -0.367. The molecule has 1 atom stereocenters. The number of aliphatic hydroxyl groups is 1. The Labute approximate surface area is 180 Å². The summed E-state index contributed by atoms with van der Waals surface area (Å²) in [5.74, 6) is 0.920. The molecule has 0 aliphatic carbocycles. The van der Waals surface area contributed by atoms with E-state index in [9.17, 15) is 5.11 Å². The molecular weight excluding hydrogens is 376 g/mol. The highest BCUT2D eigenvalue weighted by Gasteiger charge is 2.24. The summed E-state index contributed by atoms with van der Waals surface area (Å²) >= 11 is 0. The van der Waals surface area contributed by atoms with Crippen LogP contribution in [0.25, 0.3) is 5.70 Å². The first kappa shape index (κ1) is 22.2. The van der Waals surface area contributed by atoms with Crippen LogP contribution >= 0.6 is 0 Å². The highest BCUT2D eigenvalue weighted by molar-refractivity contribution is 5.65. The van der Waals surface area contributed by atoms with E-state index in [1.165, 1.54) is 5.69 Å². The van der Waals surface area contributed by atoms with Gasteiger partial charge in [0.25, 0.3) is 0 Å². The van der Waals surface area contributed by atoms with Gasteiger partial charge in [-0.1, -0.05) is 13.5 Å². The molecule has 1 unspecified atom stereocenters. The third kappa shape index (κ3) is 5.18. The molecule has 1 aromatic heterocycles. The van der Waals surface area contributed by atoms with Crippen LogP contribution < -0.4 is 15.0 Å². The van der Waals surface area contributed by atoms with Gasteiger partial charge in [-0.25, -0.2) is 0 Å². The Morgan fingerprint density at radius 3 is 2.47 bits per heavy atom. The molecule has 2 aliphatic rings. The molecule has 30 heavy (non-hydrogen) atoms. The highest BCUT2D eigenvalue weighted by atomic mass is 16.5. The molecule has 2 aromatic rings. The van der Waals surface area contributed by atoms with E-state index in [2.05, 4.69) is 46.8 Å². The fourth-order valence-electron chi connectivity index (χ4n) is 4.15.